The summed E-state index contributed by atoms with van der Waals surface area (Å²) in [5, 5.41) is 0. The minimum Gasteiger partial charge on any atom is -0.492 e. The van der Waals surface area contributed by atoms with Gasteiger partial charge in [-0.2, -0.15) is 0 Å². The number of pyridine rings is 1. The molecule has 0 aliphatic rings. The van der Waals surface area contributed by atoms with Gasteiger partial charge in [-0.15, -0.1) is 13.2 Å². The predicted molar refractivity (Wildman–Crippen MR) is 55.1 cm³/mol. The normalized spacial score (nSPS) is 11.8. The van der Waals surface area contributed by atoms with Gasteiger partial charge in [0.2, 0.25) is 0 Å². The third-order valence-corrected chi connectivity index (χ3v) is 2.37. The van der Waals surface area contributed by atoms with E-state index in [1.807, 2.05) is 0 Å². The minimum absolute atomic E-state index is 0.133. The van der Waals surface area contributed by atoms with Gasteiger partial charge < -0.3 is 9.47 Å². The smallest absolute Gasteiger partial charge is 0.492 e. The second kappa shape index (κ2) is 5.19. The lowest BCUT2D eigenvalue weighted by Gasteiger charge is -2.16. The van der Waals surface area contributed by atoms with Crippen molar-refractivity contribution < 1.29 is 31.4 Å². The standard InChI is InChI=1S/C8H5F5INO2/c1-16-5-3(14)2-15-4(7(9)10)6(5)17-8(11,12)13/h2,7H,1H3. The van der Waals surface area contributed by atoms with Crippen LogP contribution in [0.3, 0.4) is 0 Å². The topological polar surface area (TPSA) is 31.4 Å². The molecule has 0 radical (unpaired) electrons. The predicted octanol–water partition coefficient (Wildman–Crippen LogP) is 3.53. The molecule has 0 atom stereocenters. The van der Waals surface area contributed by atoms with E-state index in [0.717, 1.165) is 13.3 Å². The SMILES string of the molecule is COc1c(I)cnc(C(F)F)c1OC(F)(F)F. The molecule has 0 bridgehead atoms. The number of halogens is 6. The molecule has 1 heterocycles. The summed E-state index contributed by atoms with van der Waals surface area (Å²) in [6.45, 7) is 0. The average Bonchev–Trinajstić information content (AvgIpc) is 2.15. The first-order valence-electron chi connectivity index (χ1n) is 4.02. The first kappa shape index (κ1) is 14.2. The van der Waals surface area contributed by atoms with Gasteiger partial charge in [0.1, 0.15) is 0 Å². The van der Waals surface area contributed by atoms with E-state index in [-0.39, 0.29) is 3.57 Å². The highest BCUT2D eigenvalue weighted by Gasteiger charge is 2.36. The number of aromatic nitrogens is 1. The van der Waals surface area contributed by atoms with Crippen LogP contribution in [-0.4, -0.2) is 18.5 Å². The summed E-state index contributed by atoms with van der Waals surface area (Å²) in [4.78, 5) is 3.21. The molecule has 0 aliphatic carbocycles. The number of alkyl halides is 5. The van der Waals surface area contributed by atoms with Crippen molar-refractivity contribution in [3.8, 4) is 11.5 Å². The van der Waals surface area contributed by atoms with E-state index in [1.165, 1.54) is 0 Å². The van der Waals surface area contributed by atoms with Crippen molar-refractivity contribution in [2.45, 2.75) is 12.8 Å². The first-order valence-corrected chi connectivity index (χ1v) is 5.10. The van der Waals surface area contributed by atoms with Crippen LogP contribution in [0.2, 0.25) is 0 Å². The lowest BCUT2D eigenvalue weighted by Crippen LogP contribution is -2.19. The molecule has 0 amide bonds. The van der Waals surface area contributed by atoms with Gasteiger partial charge in [0, 0.05) is 6.20 Å². The number of hydrogen-bond acceptors (Lipinski definition) is 3. The van der Waals surface area contributed by atoms with E-state index in [0.29, 0.717) is 0 Å². The maximum Gasteiger partial charge on any atom is 0.573 e. The Balaban J connectivity index is 3.34. The monoisotopic (exact) mass is 369 g/mol. The third kappa shape index (κ3) is 3.54. The maximum atomic E-state index is 12.5. The molecule has 0 saturated carbocycles. The summed E-state index contributed by atoms with van der Waals surface area (Å²) in [7, 11) is 1.05. The van der Waals surface area contributed by atoms with Crippen molar-refractivity contribution >= 4 is 22.6 Å². The number of nitrogens with zero attached hydrogens (tertiary/aromatic N) is 1. The highest BCUT2D eigenvalue weighted by Crippen LogP contribution is 2.41. The maximum absolute atomic E-state index is 12.5. The van der Waals surface area contributed by atoms with Gasteiger partial charge in [-0.25, -0.2) is 13.8 Å². The van der Waals surface area contributed by atoms with Crippen molar-refractivity contribution in [2.75, 3.05) is 7.11 Å². The van der Waals surface area contributed by atoms with Crippen LogP contribution < -0.4 is 9.47 Å². The molecule has 0 aromatic carbocycles. The van der Waals surface area contributed by atoms with E-state index in [2.05, 4.69) is 14.5 Å². The summed E-state index contributed by atoms with van der Waals surface area (Å²) >= 11 is 1.60. The molecule has 1 aromatic heterocycles. The average molecular weight is 369 g/mol. The fourth-order valence-corrected chi connectivity index (χ4v) is 1.63. The molecular formula is C8H5F5INO2. The van der Waals surface area contributed by atoms with Gasteiger partial charge in [0.05, 0.1) is 10.7 Å². The van der Waals surface area contributed by atoms with E-state index < -0.39 is 30.0 Å². The van der Waals surface area contributed by atoms with E-state index >= 15 is 0 Å². The Morgan fingerprint density at radius 1 is 1.29 bits per heavy atom. The Labute approximate surface area is 106 Å². The Morgan fingerprint density at radius 2 is 1.88 bits per heavy atom. The fraction of sp³-hybridized carbons (Fsp3) is 0.375. The highest BCUT2D eigenvalue weighted by molar-refractivity contribution is 14.1. The zero-order valence-electron chi connectivity index (χ0n) is 8.19. The van der Waals surface area contributed by atoms with Gasteiger partial charge >= 0.3 is 6.36 Å². The Bertz CT molecular complexity index is 410. The van der Waals surface area contributed by atoms with Crippen molar-refractivity contribution in [3.63, 3.8) is 0 Å². The first-order chi connectivity index (χ1) is 7.76. The van der Waals surface area contributed by atoms with Crippen molar-refractivity contribution in [2.24, 2.45) is 0 Å². The van der Waals surface area contributed by atoms with Gasteiger partial charge in [-0.1, -0.05) is 0 Å². The Hall–Kier alpha value is -0.870. The molecule has 17 heavy (non-hydrogen) atoms. The summed E-state index contributed by atoms with van der Waals surface area (Å²) in [6, 6.07) is 0. The quantitative estimate of drug-likeness (QED) is 0.604. The van der Waals surface area contributed by atoms with Crippen LogP contribution in [0.15, 0.2) is 6.20 Å². The van der Waals surface area contributed by atoms with Crippen molar-refractivity contribution in [1.82, 2.24) is 4.98 Å². The highest BCUT2D eigenvalue weighted by atomic mass is 127. The minimum atomic E-state index is -5.09. The number of ether oxygens (including phenoxy) is 2. The van der Waals surface area contributed by atoms with E-state index in [4.69, 9.17) is 0 Å². The number of hydrogen-bond donors (Lipinski definition) is 0. The Kier molecular flexibility index (Phi) is 4.33. The van der Waals surface area contributed by atoms with Crippen molar-refractivity contribution in [1.29, 1.82) is 0 Å². The van der Waals surface area contributed by atoms with Crippen molar-refractivity contribution in [3.05, 3.63) is 15.5 Å². The molecule has 0 spiro atoms. The molecule has 0 fully saturated rings. The van der Waals surface area contributed by atoms with E-state index in [9.17, 15) is 22.0 Å². The van der Waals surface area contributed by atoms with Gasteiger partial charge in [-0.3, -0.25) is 0 Å². The summed E-state index contributed by atoms with van der Waals surface area (Å²) in [6.07, 6.45) is -7.31. The number of rotatable bonds is 3. The zero-order valence-corrected chi connectivity index (χ0v) is 10.3. The fourth-order valence-electron chi connectivity index (χ4n) is 1.03. The molecule has 1 rings (SSSR count). The molecule has 0 saturated heterocycles. The summed E-state index contributed by atoms with van der Waals surface area (Å²) in [5.74, 6) is -1.53. The molecule has 3 nitrogen and oxygen atoms in total. The molecule has 0 unspecified atom stereocenters. The lowest BCUT2D eigenvalue weighted by molar-refractivity contribution is -0.275. The van der Waals surface area contributed by atoms with Crippen LogP contribution in [0, 0.1) is 3.57 Å². The molecule has 96 valence electrons. The van der Waals surface area contributed by atoms with Crippen LogP contribution in [0.1, 0.15) is 12.1 Å². The third-order valence-electron chi connectivity index (χ3n) is 1.60. The lowest BCUT2D eigenvalue weighted by atomic mass is 10.3. The van der Waals surface area contributed by atoms with Crippen LogP contribution in [-0.2, 0) is 0 Å². The molecule has 1 aromatic rings. The molecule has 0 aliphatic heterocycles. The van der Waals surface area contributed by atoms with Crippen LogP contribution in [0.5, 0.6) is 11.5 Å². The summed E-state index contributed by atoms with van der Waals surface area (Å²) in [5.41, 5.74) is -1.11. The largest absolute Gasteiger partial charge is 0.573 e. The summed E-state index contributed by atoms with van der Waals surface area (Å²) < 4.78 is 69.5. The van der Waals surface area contributed by atoms with Crippen LogP contribution in [0.25, 0.3) is 0 Å². The van der Waals surface area contributed by atoms with Crippen LogP contribution in [0.4, 0.5) is 22.0 Å². The van der Waals surface area contributed by atoms with Gasteiger partial charge in [0.25, 0.3) is 6.43 Å². The van der Waals surface area contributed by atoms with E-state index in [1.54, 1.807) is 22.6 Å². The Morgan fingerprint density at radius 3 is 2.29 bits per heavy atom. The second-order valence-corrected chi connectivity index (χ2v) is 3.86. The van der Waals surface area contributed by atoms with Crippen LogP contribution >= 0.6 is 22.6 Å². The van der Waals surface area contributed by atoms with Gasteiger partial charge in [-0.05, 0) is 22.6 Å². The molecule has 0 N–H and O–H groups in total. The zero-order chi connectivity index (χ0) is 13.2. The molecular weight excluding hydrogens is 364 g/mol. The second-order valence-electron chi connectivity index (χ2n) is 2.70. The van der Waals surface area contributed by atoms with Gasteiger partial charge in [0.15, 0.2) is 17.2 Å². The number of methoxy groups -OCH3 is 1. The molecule has 9 heteroatoms.